The molecule has 0 saturated carbocycles. The van der Waals surface area contributed by atoms with Crippen LogP contribution in [0.1, 0.15) is 36.5 Å². The summed E-state index contributed by atoms with van der Waals surface area (Å²) in [7, 11) is 1.63. The Morgan fingerprint density at radius 2 is 2.06 bits per heavy atom. The molecule has 1 aliphatic rings. The standard InChI is InChI=1S/C23H27N5O3/c1-3-27-15-24-19-12-18(7-8-20(19)27)25-21(29)11-16-5-4-10-28(13-16)23(31)17-6-9-22(30)26(2)14-17/h6-9,12,14-16H,3-5,10-11,13H2,1-2H3,(H,25,29)/t16-/m0/s1. The first-order valence-electron chi connectivity index (χ1n) is 10.7. The first kappa shape index (κ1) is 20.8. The maximum atomic E-state index is 12.8. The van der Waals surface area contributed by atoms with Crippen molar-refractivity contribution in [2.24, 2.45) is 13.0 Å². The molecule has 1 aliphatic heterocycles. The summed E-state index contributed by atoms with van der Waals surface area (Å²) < 4.78 is 3.46. The molecule has 0 spiro atoms. The molecule has 1 N–H and O–H groups in total. The molecule has 1 fully saturated rings. The van der Waals surface area contributed by atoms with Crippen molar-refractivity contribution in [1.29, 1.82) is 0 Å². The Kier molecular flexibility index (Phi) is 5.88. The molecule has 3 aromatic rings. The average Bonchev–Trinajstić information content (AvgIpc) is 3.17. The lowest BCUT2D eigenvalue weighted by atomic mass is 9.94. The van der Waals surface area contributed by atoms with E-state index in [1.807, 2.05) is 18.2 Å². The topological polar surface area (TPSA) is 89.2 Å². The van der Waals surface area contributed by atoms with Crippen molar-refractivity contribution < 1.29 is 9.59 Å². The van der Waals surface area contributed by atoms with Crippen molar-refractivity contribution in [3.05, 3.63) is 58.8 Å². The Bertz CT molecular complexity index is 1180. The molecule has 8 nitrogen and oxygen atoms in total. The lowest BCUT2D eigenvalue weighted by Gasteiger charge is -2.32. The number of aromatic nitrogens is 3. The van der Waals surface area contributed by atoms with Crippen LogP contribution in [0.5, 0.6) is 0 Å². The normalized spacial score (nSPS) is 16.5. The number of hydrogen-bond donors (Lipinski definition) is 1. The molecule has 8 heteroatoms. The summed E-state index contributed by atoms with van der Waals surface area (Å²) in [5.74, 6) is -0.0541. The van der Waals surface area contributed by atoms with Crippen LogP contribution in [-0.2, 0) is 18.4 Å². The van der Waals surface area contributed by atoms with Crippen LogP contribution in [0.25, 0.3) is 11.0 Å². The molecule has 0 radical (unpaired) electrons. The largest absolute Gasteiger partial charge is 0.338 e. The van der Waals surface area contributed by atoms with E-state index in [4.69, 9.17) is 0 Å². The Labute approximate surface area is 180 Å². The Hall–Kier alpha value is -3.42. The van der Waals surface area contributed by atoms with Gasteiger partial charge in [0, 0.05) is 51.1 Å². The van der Waals surface area contributed by atoms with Crippen LogP contribution in [0.3, 0.4) is 0 Å². The Balaban J connectivity index is 1.37. The monoisotopic (exact) mass is 421 g/mol. The quantitative estimate of drug-likeness (QED) is 0.686. The highest BCUT2D eigenvalue weighted by molar-refractivity contribution is 5.95. The number of imidazole rings is 1. The second-order valence-electron chi connectivity index (χ2n) is 8.11. The van der Waals surface area contributed by atoms with Crippen molar-refractivity contribution in [2.45, 2.75) is 32.7 Å². The van der Waals surface area contributed by atoms with Crippen LogP contribution in [0.2, 0.25) is 0 Å². The van der Waals surface area contributed by atoms with E-state index >= 15 is 0 Å². The number of pyridine rings is 1. The smallest absolute Gasteiger partial charge is 0.255 e. The van der Waals surface area contributed by atoms with Crippen LogP contribution in [0.15, 0.2) is 47.7 Å². The van der Waals surface area contributed by atoms with Crippen LogP contribution in [-0.4, -0.2) is 43.9 Å². The van der Waals surface area contributed by atoms with Crippen LogP contribution < -0.4 is 10.9 Å². The molecular weight excluding hydrogens is 394 g/mol. The van der Waals surface area contributed by atoms with Gasteiger partial charge < -0.3 is 19.4 Å². The Morgan fingerprint density at radius 3 is 2.84 bits per heavy atom. The number of carbonyl (C=O) groups is 2. The van der Waals surface area contributed by atoms with Crippen molar-refractivity contribution in [3.63, 3.8) is 0 Å². The van der Waals surface area contributed by atoms with Gasteiger partial charge in [0.25, 0.3) is 5.91 Å². The molecule has 4 rings (SSSR count). The minimum atomic E-state index is -0.149. The van der Waals surface area contributed by atoms with Gasteiger partial charge in [-0.25, -0.2) is 4.98 Å². The fourth-order valence-electron chi connectivity index (χ4n) is 4.19. The zero-order chi connectivity index (χ0) is 22.0. The summed E-state index contributed by atoms with van der Waals surface area (Å²) in [6, 6.07) is 8.72. The number of carbonyl (C=O) groups excluding carboxylic acids is 2. The third-order valence-corrected chi connectivity index (χ3v) is 5.86. The summed E-state index contributed by atoms with van der Waals surface area (Å²) in [6.07, 6.45) is 5.49. The molecular formula is C23H27N5O3. The SMILES string of the molecule is CCn1cnc2cc(NC(=O)C[C@@H]3CCCN(C(=O)c4ccc(=O)n(C)c4)C3)ccc21. The maximum absolute atomic E-state index is 12.8. The second kappa shape index (κ2) is 8.75. The van der Waals surface area contributed by atoms with Gasteiger partial charge in [-0.3, -0.25) is 14.4 Å². The van der Waals surface area contributed by atoms with E-state index in [1.165, 1.54) is 10.6 Å². The fourth-order valence-corrected chi connectivity index (χ4v) is 4.19. The highest BCUT2D eigenvalue weighted by Crippen LogP contribution is 2.23. The average molecular weight is 422 g/mol. The van der Waals surface area contributed by atoms with Gasteiger partial charge in [-0.05, 0) is 49.9 Å². The number of likely N-dealkylation sites (tertiary alicyclic amines) is 1. The third-order valence-electron chi connectivity index (χ3n) is 5.86. The third kappa shape index (κ3) is 4.52. The summed E-state index contributed by atoms with van der Waals surface area (Å²) in [5.41, 5.74) is 2.97. The number of fused-ring (bicyclic) bond motifs is 1. The zero-order valence-electron chi connectivity index (χ0n) is 17.9. The van der Waals surface area contributed by atoms with E-state index in [2.05, 4.69) is 21.8 Å². The van der Waals surface area contributed by atoms with Crippen molar-refractivity contribution in [2.75, 3.05) is 18.4 Å². The first-order chi connectivity index (χ1) is 14.9. The summed E-state index contributed by atoms with van der Waals surface area (Å²) in [6.45, 7) is 4.11. The number of anilines is 1. The summed E-state index contributed by atoms with van der Waals surface area (Å²) in [5, 5.41) is 2.97. The van der Waals surface area contributed by atoms with Gasteiger partial charge in [0.05, 0.1) is 22.9 Å². The van der Waals surface area contributed by atoms with E-state index in [1.54, 1.807) is 30.5 Å². The summed E-state index contributed by atoms with van der Waals surface area (Å²) >= 11 is 0. The van der Waals surface area contributed by atoms with Gasteiger partial charge in [-0.15, -0.1) is 0 Å². The van der Waals surface area contributed by atoms with E-state index < -0.39 is 0 Å². The van der Waals surface area contributed by atoms with Gasteiger partial charge in [-0.2, -0.15) is 0 Å². The predicted molar refractivity (Wildman–Crippen MR) is 119 cm³/mol. The molecule has 3 heterocycles. The zero-order valence-corrected chi connectivity index (χ0v) is 17.9. The van der Waals surface area contributed by atoms with Crippen molar-refractivity contribution in [3.8, 4) is 0 Å². The number of piperidine rings is 1. The number of aryl methyl sites for hydroxylation is 2. The molecule has 31 heavy (non-hydrogen) atoms. The van der Waals surface area contributed by atoms with Crippen LogP contribution in [0, 0.1) is 5.92 Å². The van der Waals surface area contributed by atoms with E-state index in [9.17, 15) is 14.4 Å². The van der Waals surface area contributed by atoms with E-state index in [-0.39, 0.29) is 23.3 Å². The molecule has 162 valence electrons. The van der Waals surface area contributed by atoms with Gasteiger partial charge in [0.2, 0.25) is 11.5 Å². The molecule has 0 aliphatic carbocycles. The highest BCUT2D eigenvalue weighted by Gasteiger charge is 2.26. The minimum Gasteiger partial charge on any atom is -0.338 e. The molecule has 0 bridgehead atoms. The number of hydrogen-bond acceptors (Lipinski definition) is 4. The number of nitrogens with zero attached hydrogens (tertiary/aromatic N) is 4. The van der Waals surface area contributed by atoms with Gasteiger partial charge in [-0.1, -0.05) is 0 Å². The van der Waals surface area contributed by atoms with E-state index in [0.717, 1.165) is 36.1 Å². The predicted octanol–water partition coefficient (Wildman–Crippen LogP) is 2.64. The number of benzene rings is 1. The lowest BCUT2D eigenvalue weighted by Crippen LogP contribution is -2.41. The molecule has 2 amide bonds. The van der Waals surface area contributed by atoms with Gasteiger partial charge >= 0.3 is 0 Å². The molecule has 1 saturated heterocycles. The summed E-state index contributed by atoms with van der Waals surface area (Å²) in [4.78, 5) is 43.2. The molecule has 1 aromatic carbocycles. The minimum absolute atomic E-state index is 0.0596. The van der Waals surface area contributed by atoms with Crippen LogP contribution >= 0.6 is 0 Å². The molecule has 0 unspecified atom stereocenters. The lowest BCUT2D eigenvalue weighted by molar-refractivity contribution is -0.117. The molecule has 2 aromatic heterocycles. The second-order valence-corrected chi connectivity index (χ2v) is 8.11. The molecule has 1 atom stereocenters. The number of amides is 2. The fraction of sp³-hybridized carbons (Fsp3) is 0.391. The van der Waals surface area contributed by atoms with Crippen LogP contribution in [0.4, 0.5) is 5.69 Å². The van der Waals surface area contributed by atoms with Crippen molar-refractivity contribution in [1.82, 2.24) is 19.0 Å². The highest BCUT2D eigenvalue weighted by atomic mass is 16.2. The Morgan fingerprint density at radius 1 is 1.23 bits per heavy atom. The number of nitrogens with one attached hydrogen (secondary N) is 1. The van der Waals surface area contributed by atoms with Gasteiger partial charge in [0.1, 0.15) is 0 Å². The maximum Gasteiger partial charge on any atom is 0.255 e. The van der Waals surface area contributed by atoms with E-state index in [0.29, 0.717) is 25.1 Å². The number of rotatable bonds is 5. The van der Waals surface area contributed by atoms with Gasteiger partial charge in [0.15, 0.2) is 0 Å². The van der Waals surface area contributed by atoms with Crippen molar-refractivity contribution >= 4 is 28.5 Å². The first-order valence-corrected chi connectivity index (χ1v) is 10.7.